The third-order valence-electron chi connectivity index (χ3n) is 1.40. The van der Waals surface area contributed by atoms with Crippen LogP contribution >= 0.6 is 35.0 Å². The molecule has 0 aromatic heterocycles. The van der Waals surface area contributed by atoms with Gasteiger partial charge in [0.15, 0.2) is 0 Å². The highest BCUT2D eigenvalue weighted by molar-refractivity contribution is 7.99. The minimum atomic E-state index is 0.553. The first kappa shape index (κ1) is 10.9. The first-order valence-corrected chi connectivity index (χ1v) is 5.49. The van der Waals surface area contributed by atoms with Crippen molar-refractivity contribution in [1.82, 2.24) is 0 Å². The molecule has 0 fully saturated rings. The van der Waals surface area contributed by atoms with Crippen molar-refractivity contribution in [1.29, 1.82) is 0 Å². The van der Waals surface area contributed by atoms with Crippen LogP contribution in [0.2, 0.25) is 10.0 Å². The maximum Gasteiger partial charge on any atom is 0.120 e. The summed E-state index contributed by atoms with van der Waals surface area (Å²) in [5.41, 5.74) is 0. The van der Waals surface area contributed by atoms with Gasteiger partial charge in [0.1, 0.15) is 6.29 Å². The van der Waals surface area contributed by atoms with Crippen LogP contribution in [0, 0.1) is 0 Å². The monoisotopic (exact) mass is 234 g/mol. The van der Waals surface area contributed by atoms with E-state index in [1.807, 2.05) is 6.07 Å². The molecule has 1 nitrogen and oxygen atoms in total. The van der Waals surface area contributed by atoms with Gasteiger partial charge >= 0.3 is 0 Å². The third kappa shape index (κ3) is 3.59. The van der Waals surface area contributed by atoms with Gasteiger partial charge in [-0.1, -0.05) is 23.2 Å². The fourth-order valence-electron chi connectivity index (χ4n) is 0.792. The summed E-state index contributed by atoms with van der Waals surface area (Å²) in [5, 5.41) is 1.11. The molecule has 1 aromatic carbocycles. The summed E-state index contributed by atoms with van der Waals surface area (Å²) in [6.45, 7) is 0. The molecule has 0 bridgehead atoms. The van der Waals surface area contributed by atoms with Gasteiger partial charge in [0.05, 0.1) is 10.0 Å². The van der Waals surface area contributed by atoms with Crippen LogP contribution < -0.4 is 0 Å². The van der Waals surface area contributed by atoms with E-state index in [1.165, 1.54) is 0 Å². The number of hydrogen-bond donors (Lipinski definition) is 0. The average Bonchev–Trinajstić information content (AvgIpc) is 2.12. The highest BCUT2D eigenvalue weighted by Gasteiger charge is 1.99. The highest BCUT2D eigenvalue weighted by atomic mass is 35.5. The van der Waals surface area contributed by atoms with Crippen molar-refractivity contribution >= 4 is 41.2 Å². The highest BCUT2D eigenvalue weighted by Crippen LogP contribution is 2.27. The number of halogens is 2. The molecule has 0 atom stereocenters. The molecule has 0 N–H and O–H groups in total. The molecule has 0 aliphatic carbocycles. The summed E-state index contributed by atoms with van der Waals surface area (Å²) in [4.78, 5) is 11.1. The largest absolute Gasteiger partial charge is 0.303 e. The Balaban J connectivity index is 2.57. The van der Waals surface area contributed by atoms with Crippen molar-refractivity contribution < 1.29 is 4.79 Å². The Morgan fingerprint density at radius 2 is 2.08 bits per heavy atom. The molecule has 1 rings (SSSR count). The SMILES string of the molecule is O=CCCSc1ccc(Cl)c(Cl)c1. The minimum Gasteiger partial charge on any atom is -0.303 e. The molecule has 0 unspecified atom stereocenters. The lowest BCUT2D eigenvalue weighted by Gasteiger charge is -2.00. The topological polar surface area (TPSA) is 17.1 Å². The van der Waals surface area contributed by atoms with Crippen molar-refractivity contribution in [3.63, 3.8) is 0 Å². The summed E-state index contributed by atoms with van der Waals surface area (Å²) in [6.07, 6.45) is 1.47. The second-order valence-corrected chi connectivity index (χ2v) is 4.36. The lowest BCUT2D eigenvalue weighted by atomic mass is 10.4. The normalized spacial score (nSPS) is 10.0. The molecule has 0 saturated carbocycles. The number of aldehydes is 1. The van der Waals surface area contributed by atoms with Gasteiger partial charge in [-0.05, 0) is 18.2 Å². The van der Waals surface area contributed by atoms with E-state index in [9.17, 15) is 4.79 Å². The van der Waals surface area contributed by atoms with Gasteiger partial charge in [0.25, 0.3) is 0 Å². The van der Waals surface area contributed by atoms with Crippen molar-refractivity contribution in [3.05, 3.63) is 28.2 Å². The number of rotatable bonds is 4. The lowest BCUT2D eigenvalue weighted by Crippen LogP contribution is -1.80. The molecule has 0 aliphatic heterocycles. The second-order valence-electron chi connectivity index (χ2n) is 2.38. The van der Waals surface area contributed by atoms with Gasteiger partial charge in [0.2, 0.25) is 0 Å². The molecule has 13 heavy (non-hydrogen) atoms. The molecule has 1 aromatic rings. The predicted molar refractivity (Wildman–Crippen MR) is 57.9 cm³/mol. The van der Waals surface area contributed by atoms with Gasteiger partial charge in [0, 0.05) is 17.1 Å². The molecular weight excluding hydrogens is 227 g/mol. The third-order valence-corrected chi connectivity index (χ3v) is 3.16. The molecule has 70 valence electrons. The molecule has 0 spiro atoms. The number of carbonyl (C=O) groups is 1. The van der Waals surface area contributed by atoms with E-state index in [4.69, 9.17) is 23.2 Å². The van der Waals surface area contributed by atoms with Gasteiger partial charge < -0.3 is 4.79 Å². The minimum absolute atomic E-state index is 0.553. The quantitative estimate of drug-likeness (QED) is 0.450. The molecule has 0 radical (unpaired) electrons. The standard InChI is InChI=1S/C9H8Cl2OS/c10-8-3-2-7(6-9(8)11)13-5-1-4-12/h2-4,6H,1,5H2. The Morgan fingerprint density at radius 3 is 2.69 bits per heavy atom. The number of benzene rings is 1. The molecule has 0 heterocycles. The van der Waals surface area contributed by atoms with Gasteiger partial charge in [-0.3, -0.25) is 0 Å². The fourth-order valence-corrected chi connectivity index (χ4v) is 1.97. The van der Waals surface area contributed by atoms with Crippen LogP contribution in [0.25, 0.3) is 0 Å². The Bertz CT molecular complexity index is 302. The summed E-state index contributed by atoms with van der Waals surface area (Å²) in [6, 6.07) is 5.45. The number of hydrogen-bond acceptors (Lipinski definition) is 2. The molecule has 4 heteroatoms. The zero-order chi connectivity index (χ0) is 9.68. The smallest absolute Gasteiger partial charge is 0.120 e. The summed E-state index contributed by atoms with van der Waals surface area (Å²) >= 11 is 13.1. The molecule has 0 aliphatic rings. The maximum atomic E-state index is 10.1. The first-order valence-electron chi connectivity index (χ1n) is 3.75. The van der Waals surface area contributed by atoms with Crippen LogP contribution in [0.4, 0.5) is 0 Å². The fraction of sp³-hybridized carbons (Fsp3) is 0.222. The average molecular weight is 235 g/mol. The zero-order valence-corrected chi connectivity index (χ0v) is 9.12. The Morgan fingerprint density at radius 1 is 1.31 bits per heavy atom. The van der Waals surface area contributed by atoms with E-state index in [0.717, 1.165) is 16.9 Å². The summed E-state index contributed by atoms with van der Waals surface area (Å²) in [5.74, 6) is 0.779. The van der Waals surface area contributed by atoms with E-state index in [0.29, 0.717) is 16.5 Å². The summed E-state index contributed by atoms with van der Waals surface area (Å²) < 4.78 is 0. The number of thioether (sulfide) groups is 1. The second kappa shape index (κ2) is 5.53. The maximum absolute atomic E-state index is 10.1. The van der Waals surface area contributed by atoms with Crippen LogP contribution in [0.15, 0.2) is 23.1 Å². The van der Waals surface area contributed by atoms with Crippen LogP contribution in [-0.2, 0) is 4.79 Å². The van der Waals surface area contributed by atoms with E-state index in [1.54, 1.807) is 23.9 Å². The van der Waals surface area contributed by atoms with Crippen LogP contribution in [0.3, 0.4) is 0 Å². The lowest BCUT2D eigenvalue weighted by molar-refractivity contribution is -0.107. The Labute approximate surface area is 91.4 Å². The van der Waals surface area contributed by atoms with E-state index < -0.39 is 0 Å². The van der Waals surface area contributed by atoms with E-state index in [-0.39, 0.29) is 0 Å². The van der Waals surface area contributed by atoms with Crippen molar-refractivity contribution in [2.24, 2.45) is 0 Å². The Kier molecular flexibility index (Phi) is 4.64. The molecule has 0 saturated heterocycles. The van der Waals surface area contributed by atoms with Crippen LogP contribution in [0.1, 0.15) is 6.42 Å². The van der Waals surface area contributed by atoms with Crippen molar-refractivity contribution in [2.75, 3.05) is 5.75 Å². The zero-order valence-electron chi connectivity index (χ0n) is 6.80. The predicted octanol–water partition coefficient (Wildman–Crippen LogP) is 3.67. The summed E-state index contributed by atoms with van der Waals surface area (Å²) in [7, 11) is 0. The van der Waals surface area contributed by atoms with Crippen LogP contribution in [-0.4, -0.2) is 12.0 Å². The molecule has 0 amide bonds. The van der Waals surface area contributed by atoms with Crippen molar-refractivity contribution in [2.45, 2.75) is 11.3 Å². The Hall–Kier alpha value is -0.180. The molecular formula is C9H8Cl2OS. The van der Waals surface area contributed by atoms with Gasteiger partial charge in [-0.25, -0.2) is 0 Å². The van der Waals surface area contributed by atoms with Crippen molar-refractivity contribution in [3.8, 4) is 0 Å². The van der Waals surface area contributed by atoms with Gasteiger partial charge in [-0.2, -0.15) is 0 Å². The van der Waals surface area contributed by atoms with Crippen LogP contribution in [0.5, 0.6) is 0 Å². The van der Waals surface area contributed by atoms with E-state index in [2.05, 4.69) is 0 Å². The van der Waals surface area contributed by atoms with Gasteiger partial charge in [-0.15, -0.1) is 11.8 Å². The number of carbonyl (C=O) groups excluding carboxylic acids is 1. The van der Waals surface area contributed by atoms with E-state index >= 15 is 0 Å². The first-order chi connectivity index (χ1) is 6.24.